The van der Waals surface area contributed by atoms with E-state index in [2.05, 4.69) is 5.32 Å². The highest BCUT2D eigenvalue weighted by Gasteiger charge is 2.06. The van der Waals surface area contributed by atoms with Gasteiger partial charge in [0.15, 0.2) is 11.6 Å². The number of anilines is 1. The number of amides is 1. The van der Waals surface area contributed by atoms with Crippen LogP contribution in [0.5, 0.6) is 0 Å². The maximum atomic E-state index is 13.0. The van der Waals surface area contributed by atoms with Gasteiger partial charge in [0.2, 0.25) is 5.91 Å². The van der Waals surface area contributed by atoms with E-state index in [1.54, 1.807) is 12.1 Å². The minimum absolute atomic E-state index is 0.246. The summed E-state index contributed by atoms with van der Waals surface area (Å²) in [5.74, 6) is -1.59. The van der Waals surface area contributed by atoms with Crippen LogP contribution in [0.25, 0.3) is 0 Å². The molecule has 1 amide bonds. The summed E-state index contributed by atoms with van der Waals surface area (Å²) in [6, 6.07) is 10.6. The summed E-state index contributed by atoms with van der Waals surface area (Å²) >= 11 is 7.30. The first kappa shape index (κ1) is 15.8. The van der Waals surface area contributed by atoms with Crippen LogP contribution in [0, 0.1) is 11.6 Å². The number of carbonyl (C=O) groups excluding carboxylic acids is 1. The molecular formula is C15H12ClF2NOS. The molecule has 0 saturated heterocycles. The summed E-state index contributed by atoms with van der Waals surface area (Å²) in [7, 11) is 0. The third-order valence-electron chi connectivity index (χ3n) is 2.61. The van der Waals surface area contributed by atoms with Gasteiger partial charge in [-0.05, 0) is 36.4 Å². The van der Waals surface area contributed by atoms with E-state index in [0.717, 1.165) is 17.0 Å². The molecule has 1 N–H and O–H groups in total. The number of hydrogen-bond donors (Lipinski definition) is 1. The van der Waals surface area contributed by atoms with Crippen molar-refractivity contribution in [1.29, 1.82) is 0 Å². The van der Waals surface area contributed by atoms with Gasteiger partial charge in [-0.15, -0.1) is 11.8 Å². The highest BCUT2D eigenvalue weighted by atomic mass is 35.5. The Kier molecular flexibility index (Phi) is 5.59. The second kappa shape index (κ2) is 7.43. The maximum Gasteiger partial charge on any atom is 0.225 e. The zero-order valence-electron chi connectivity index (χ0n) is 10.9. The largest absolute Gasteiger partial charge is 0.326 e. The Labute approximate surface area is 130 Å². The van der Waals surface area contributed by atoms with Crippen LogP contribution in [-0.2, 0) is 4.79 Å². The zero-order chi connectivity index (χ0) is 15.2. The van der Waals surface area contributed by atoms with Crippen LogP contribution in [0.4, 0.5) is 14.5 Å². The number of thioether (sulfide) groups is 1. The quantitative estimate of drug-likeness (QED) is 0.804. The zero-order valence-corrected chi connectivity index (χ0v) is 12.5. The van der Waals surface area contributed by atoms with Gasteiger partial charge in [-0.3, -0.25) is 4.79 Å². The highest BCUT2D eigenvalue weighted by molar-refractivity contribution is 7.99. The molecule has 2 rings (SSSR count). The standard InChI is InChI=1S/C15H12ClF2NOS/c16-10-1-4-12(5-2-10)21-8-7-15(20)19-11-3-6-13(17)14(18)9-11/h1-6,9H,7-8H2,(H,19,20). The molecule has 0 aromatic heterocycles. The molecule has 0 atom stereocenters. The predicted octanol–water partition coefficient (Wildman–Crippen LogP) is 4.74. The Hall–Kier alpha value is -1.59. The van der Waals surface area contributed by atoms with Crippen molar-refractivity contribution in [1.82, 2.24) is 0 Å². The SMILES string of the molecule is O=C(CCSc1ccc(Cl)cc1)Nc1ccc(F)c(F)c1. The summed E-state index contributed by atoms with van der Waals surface area (Å²) in [6.45, 7) is 0. The van der Waals surface area contributed by atoms with E-state index >= 15 is 0 Å². The number of hydrogen-bond acceptors (Lipinski definition) is 2. The lowest BCUT2D eigenvalue weighted by Crippen LogP contribution is -2.12. The van der Waals surface area contributed by atoms with Crippen LogP contribution in [0.15, 0.2) is 47.4 Å². The monoisotopic (exact) mass is 327 g/mol. The number of halogens is 3. The molecule has 0 radical (unpaired) electrons. The van der Waals surface area contributed by atoms with Crippen molar-refractivity contribution in [2.24, 2.45) is 0 Å². The van der Waals surface area contributed by atoms with Crippen molar-refractivity contribution in [2.75, 3.05) is 11.1 Å². The lowest BCUT2D eigenvalue weighted by atomic mass is 10.3. The van der Waals surface area contributed by atoms with E-state index in [4.69, 9.17) is 11.6 Å². The first-order chi connectivity index (χ1) is 10.0. The molecule has 0 heterocycles. The van der Waals surface area contributed by atoms with Gasteiger partial charge in [-0.2, -0.15) is 0 Å². The fourth-order valence-electron chi connectivity index (χ4n) is 1.59. The molecule has 0 aliphatic rings. The smallest absolute Gasteiger partial charge is 0.225 e. The molecule has 0 fully saturated rings. The summed E-state index contributed by atoms with van der Waals surface area (Å²) in [6.07, 6.45) is 0.270. The van der Waals surface area contributed by atoms with Crippen molar-refractivity contribution >= 4 is 35.0 Å². The Morgan fingerprint density at radius 3 is 2.48 bits per heavy atom. The Morgan fingerprint density at radius 2 is 1.81 bits per heavy atom. The van der Waals surface area contributed by atoms with Crippen LogP contribution in [0.1, 0.15) is 6.42 Å². The van der Waals surface area contributed by atoms with E-state index in [1.807, 2.05) is 12.1 Å². The van der Waals surface area contributed by atoms with Crippen molar-refractivity contribution in [3.63, 3.8) is 0 Å². The minimum atomic E-state index is -0.983. The molecule has 0 bridgehead atoms. The predicted molar refractivity (Wildman–Crippen MR) is 81.8 cm³/mol. The number of rotatable bonds is 5. The lowest BCUT2D eigenvalue weighted by molar-refractivity contribution is -0.115. The average Bonchev–Trinajstić information content (AvgIpc) is 2.45. The molecule has 21 heavy (non-hydrogen) atoms. The fraction of sp³-hybridized carbons (Fsp3) is 0.133. The normalized spacial score (nSPS) is 10.4. The van der Waals surface area contributed by atoms with E-state index < -0.39 is 11.6 Å². The maximum absolute atomic E-state index is 13.0. The molecule has 0 saturated carbocycles. The Bertz CT molecular complexity index is 634. The molecule has 0 spiro atoms. The van der Waals surface area contributed by atoms with E-state index in [9.17, 15) is 13.6 Å². The molecule has 0 aliphatic heterocycles. The molecule has 2 nitrogen and oxygen atoms in total. The van der Waals surface area contributed by atoms with Crippen molar-refractivity contribution in [2.45, 2.75) is 11.3 Å². The van der Waals surface area contributed by atoms with Gasteiger partial charge >= 0.3 is 0 Å². The molecule has 0 unspecified atom stereocenters. The van der Waals surface area contributed by atoms with Crippen molar-refractivity contribution < 1.29 is 13.6 Å². The molecule has 0 aliphatic carbocycles. The molecular weight excluding hydrogens is 316 g/mol. The summed E-state index contributed by atoms with van der Waals surface area (Å²) in [4.78, 5) is 12.7. The topological polar surface area (TPSA) is 29.1 Å². The van der Waals surface area contributed by atoms with Crippen molar-refractivity contribution in [3.05, 3.63) is 59.1 Å². The Morgan fingerprint density at radius 1 is 1.10 bits per heavy atom. The van der Waals surface area contributed by atoms with Gasteiger partial charge in [-0.25, -0.2) is 8.78 Å². The van der Waals surface area contributed by atoms with Gasteiger partial charge in [0.1, 0.15) is 0 Å². The first-order valence-corrected chi connectivity index (χ1v) is 7.54. The van der Waals surface area contributed by atoms with Crippen LogP contribution < -0.4 is 5.32 Å². The summed E-state index contributed by atoms with van der Waals surface area (Å²) in [5, 5.41) is 3.19. The lowest BCUT2D eigenvalue weighted by Gasteiger charge is -2.06. The third kappa shape index (κ3) is 5.02. The second-order valence-electron chi connectivity index (χ2n) is 4.23. The average molecular weight is 328 g/mol. The van der Waals surface area contributed by atoms with E-state index in [1.165, 1.54) is 17.8 Å². The molecule has 2 aromatic carbocycles. The number of nitrogens with one attached hydrogen (secondary N) is 1. The van der Waals surface area contributed by atoms with Crippen LogP contribution in [0.3, 0.4) is 0 Å². The van der Waals surface area contributed by atoms with Gasteiger partial charge in [0.05, 0.1) is 0 Å². The number of carbonyl (C=O) groups is 1. The fourth-order valence-corrected chi connectivity index (χ4v) is 2.57. The second-order valence-corrected chi connectivity index (χ2v) is 5.83. The van der Waals surface area contributed by atoms with Crippen LogP contribution >= 0.6 is 23.4 Å². The van der Waals surface area contributed by atoms with Gasteiger partial charge in [-0.1, -0.05) is 11.6 Å². The molecule has 2 aromatic rings. The van der Waals surface area contributed by atoms with Gasteiger partial charge < -0.3 is 5.32 Å². The molecule has 110 valence electrons. The van der Waals surface area contributed by atoms with Crippen molar-refractivity contribution in [3.8, 4) is 0 Å². The highest BCUT2D eigenvalue weighted by Crippen LogP contribution is 2.21. The molecule has 6 heteroatoms. The summed E-state index contributed by atoms with van der Waals surface area (Å²) in [5.41, 5.74) is 0.246. The van der Waals surface area contributed by atoms with E-state index in [0.29, 0.717) is 10.8 Å². The third-order valence-corrected chi connectivity index (χ3v) is 3.88. The first-order valence-electron chi connectivity index (χ1n) is 6.18. The van der Waals surface area contributed by atoms with Gasteiger partial charge in [0, 0.05) is 33.8 Å². The number of benzene rings is 2. The van der Waals surface area contributed by atoms with Gasteiger partial charge in [0.25, 0.3) is 0 Å². The van der Waals surface area contributed by atoms with E-state index in [-0.39, 0.29) is 18.0 Å². The van der Waals surface area contributed by atoms with Crippen LogP contribution in [-0.4, -0.2) is 11.7 Å². The van der Waals surface area contributed by atoms with Crippen LogP contribution in [0.2, 0.25) is 5.02 Å². The minimum Gasteiger partial charge on any atom is -0.326 e. The summed E-state index contributed by atoms with van der Waals surface area (Å²) < 4.78 is 25.7. The Balaban J connectivity index is 1.79.